The van der Waals surface area contributed by atoms with Gasteiger partial charge in [-0.2, -0.15) is 0 Å². The first-order valence-electron chi connectivity index (χ1n) is 9.53. The third-order valence-corrected chi connectivity index (χ3v) is 5.09. The zero-order valence-corrected chi connectivity index (χ0v) is 15.9. The quantitative estimate of drug-likeness (QED) is 0.707. The summed E-state index contributed by atoms with van der Waals surface area (Å²) >= 11 is 0. The number of rotatable bonds is 4. The summed E-state index contributed by atoms with van der Waals surface area (Å²) in [4.78, 5) is 27.5. The van der Waals surface area contributed by atoms with Gasteiger partial charge in [0.15, 0.2) is 5.76 Å². The largest absolute Gasteiger partial charge is 0.459 e. The predicted molar refractivity (Wildman–Crippen MR) is 108 cm³/mol. The van der Waals surface area contributed by atoms with Gasteiger partial charge in [0.05, 0.1) is 6.26 Å². The average molecular weight is 377 g/mol. The minimum atomic E-state index is -0.429. The molecule has 28 heavy (non-hydrogen) atoms. The zero-order chi connectivity index (χ0) is 19.5. The molecule has 1 aliphatic rings. The third kappa shape index (κ3) is 3.58. The minimum Gasteiger partial charge on any atom is -0.459 e. The Morgan fingerprint density at radius 2 is 1.86 bits per heavy atom. The zero-order valence-electron chi connectivity index (χ0n) is 15.9. The van der Waals surface area contributed by atoms with Crippen LogP contribution in [0.3, 0.4) is 0 Å². The van der Waals surface area contributed by atoms with Gasteiger partial charge in [-0.05, 0) is 43.5 Å². The van der Waals surface area contributed by atoms with Crippen LogP contribution in [0.4, 0.5) is 0 Å². The summed E-state index contributed by atoms with van der Waals surface area (Å²) in [5, 5.41) is 3.80. The predicted octanol–water partition coefficient (Wildman–Crippen LogP) is 3.55. The van der Waals surface area contributed by atoms with Crippen molar-refractivity contribution in [3.8, 4) is 0 Å². The second-order valence-electron chi connectivity index (χ2n) is 7.05. The molecule has 3 heterocycles. The number of aryl methyl sites for hydroxylation is 1. The number of hydrogen-bond acceptors (Lipinski definition) is 3. The van der Waals surface area contributed by atoms with E-state index in [1.165, 1.54) is 6.26 Å². The molecule has 6 nitrogen and oxygen atoms in total. The van der Waals surface area contributed by atoms with Crippen LogP contribution in [0.2, 0.25) is 0 Å². The van der Waals surface area contributed by atoms with Gasteiger partial charge < -0.3 is 19.2 Å². The molecule has 0 bridgehead atoms. The molecule has 1 aliphatic heterocycles. The van der Waals surface area contributed by atoms with E-state index in [1.54, 1.807) is 18.2 Å². The molecule has 3 aromatic rings. The molecular weight excluding hydrogens is 354 g/mol. The Morgan fingerprint density at radius 3 is 2.61 bits per heavy atom. The van der Waals surface area contributed by atoms with Crippen molar-refractivity contribution in [3.05, 3.63) is 65.9 Å². The van der Waals surface area contributed by atoms with Crippen molar-refractivity contribution in [2.75, 3.05) is 13.1 Å². The number of benzene rings is 1. The number of nitrogens with one attached hydrogen (secondary N) is 1. The molecule has 1 aromatic carbocycles. The monoisotopic (exact) mass is 377 g/mol. The molecule has 0 unspecified atom stereocenters. The fraction of sp³-hybridized carbons (Fsp3) is 0.273. The van der Waals surface area contributed by atoms with Gasteiger partial charge in [-0.3, -0.25) is 9.59 Å². The molecule has 2 aromatic heterocycles. The summed E-state index contributed by atoms with van der Waals surface area (Å²) in [5.74, 6) is -0.412. The highest BCUT2D eigenvalue weighted by Gasteiger charge is 2.23. The molecular formula is C22H23N3O3. The lowest BCUT2D eigenvalue weighted by molar-refractivity contribution is -0.128. The van der Waals surface area contributed by atoms with E-state index in [4.69, 9.17) is 4.42 Å². The van der Waals surface area contributed by atoms with E-state index in [1.807, 2.05) is 47.0 Å². The molecule has 1 N–H and O–H groups in total. The van der Waals surface area contributed by atoms with Gasteiger partial charge in [0.2, 0.25) is 0 Å². The molecule has 0 saturated carbocycles. The molecule has 2 amide bonds. The SMILES string of the molecule is Cn1cc(/C=C(\NC(=O)c2ccco2)C(=O)N2CCCCC2)c2ccccc21. The van der Waals surface area contributed by atoms with E-state index in [9.17, 15) is 9.59 Å². The van der Waals surface area contributed by atoms with Gasteiger partial charge in [0, 0.05) is 42.8 Å². The molecule has 0 aliphatic carbocycles. The number of carbonyl (C=O) groups is 2. The summed E-state index contributed by atoms with van der Waals surface area (Å²) in [6, 6.07) is 11.2. The maximum atomic E-state index is 13.2. The Kier molecular flexibility index (Phi) is 5.02. The van der Waals surface area contributed by atoms with Crippen molar-refractivity contribution in [2.24, 2.45) is 7.05 Å². The maximum absolute atomic E-state index is 13.2. The summed E-state index contributed by atoms with van der Waals surface area (Å²) in [6.45, 7) is 1.42. The molecule has 0 spiro atoms. The van der Waals surface area contributed by atoms with Crippen LogP contribution in [-0.4, -0.2) is 34.4 Å². The van der Waals surface area contributed by atoms with Gasteiger partial charge in [-0.1, -0.05) is 18.2 Å². The number of amides is 2. The van der Waals surface area contributed by atoms with E-state index in [-0.39, 0.29) is 17.4 Å². The van der Waals surface area contributed by atoms with Crippen LogP contribution in [-0.2, 0) is 11.8 Å². The van der Waals surface area contributed by atoms with Gasteiger partial charge >= 0.3 is 0 Å². The van der Waals surface area contributed by atoms with Gasteiger partial charge in [-0.15, -0.1) is 0 Å². The second kappa shape index (κ2) is 7.76. The molecule has 0 atom stereocenters. The van der Waals surface area contributed by atoms with Crippen LogP contribution >= 0.6 is 0 Å². The number of piperidine rings is 1. The molecule has 1 fully saturated rings. The third-order valence-electron chi connectivity index (χ3n) is 5.09. The first-order chi connectivity index (χ1) is 13.6. The Hall–Kier alpha value is -3.28. The van der Waals surface area contributed by atoms with E-state index in [0.29, 0.717) is 13.1 Å². The molecule has 6 heteroatoms. The van der Waals surface area contributed by atoms with E-state index < -0.39 is 5.91 Å². The first-order valence-corrected chi connectivity index (χ1v) is 9.53. The Morgan fingerprint density at radius 1 is 1.07 bits per heavy atom. The number of fused-ring (bicyclic) bond motifs is 1. The number of aromatic nitrogens is 1. The van der Waals surface area contributed by atoms with E-state index in [0.717, 1.165) is 35.7 Å². The highest BCUT2D eigenvalue weighted by Crippen LogP contribution is 2.23. The first kappa shape index (κ1) is 18.1. The second-order valence-corrected chi connectivity index (χ2v) is 7.05. The van der Waals surface area contributed by atoms with Gasteiger partial charge in [-0.25, -0.2) is 0 Å². The molecule has 1 saturated heterocycles. The lowest BCUT2D eigenvalue weighted by Crippen LogP contribution is -2.41. The fourth-order valence-electron chi connectivity index (χ4n) is 3.65. The van der Waals surface area contributed by atoms with Crippen LogP contribution in [0.25, 0.3) is 17.0 Å². The summed E-state index contributed by atoms with van der Waals surface area (Å²) in [7, 11) is 1.97. The van der Waals surface area contributed by atoms with Crippen molar-refractivity contribution < 1.29 is 14.0 Å². The van der Waals surface area contributed by atoms with Crippen LogP contribution in [0.1, 0.15) is 35.4 Å². The molecule has 144 valence electrons. The Labute approximate surface area is 163 Å². The summed E-state index contributed by atoms with van der Waals surface area (Å²) < 4.78 is 7.19. The van der Waals surface area contributed by atoms with Crippen LogP contribution in [0.5, 0.6) is 0 Å². The van der Waals surface area contributed by atoms with E-state index in [2.05, 4.69) is 5.32 Å². The molecule has 4 rings (SSSR count). The lowest BCUT2D eigenvalue weighted by atomic mass is 10.1. The van der Waals surface area contributed by atoms with E-state index >= 15 is 0 Å². The van der Waals surface area contributed by atoms with Crippen LogP contribution in [0.15, 0.2) is 59.0 Å². The van der Waals surface area contributed by atoms with Crippen molar-refractivity contribution >= 4 is 28.8 Å². The van der Waals surface area contributed by atoms with Crippen molar-refractivity contribution in [3.63, 3.8) is 0 Å². The Bertz CT molecular complexity index is 1020. The summed E-state index contributed by atoms with van der Waals surface area (Å²) in [6.07, 6.45) is 8.27. The summed E-state index contributed by atoms with van der Waals surface area (Å²) in [5.41, 5.74) is 2.22. The number of furan rings is 1. The topological polar surface area (TPSA) is 67.5 Å². The van der Waals surface area contributed by atoms with Crippen LogP contribution < -0.4 is 5.32 Å². The Balaban J connectivity index is 1.71. The number of carbonyl (C=O) groups excluding carboxylic acids is 2. The average Bonchev–Trinajstić information content (AvgIpc) is 3.37. The van der Waals surface area contributed by atoms with Crippen molar-refractivity contribution in [1.82, 2.24) is 14.8 Å². The van der Waals surface area contributed by atoms with Crippen molar-refractivity contribution in [1.29, 1.82) is 0 Å². The highest BCUT2D eigenvalue weighted by atomic mass is 16.3. The van der Waals surface area contributed by atoms with Crippen LogP contribution in [0, 0.1) is 0 Å². The number of likely N-dealkylation sites (tertiary alicyclic amines) is 1. The number of nitrogens with zero attached hydrogens (tertiary/aromatic N) is 2. The lowest BCUT2D eigenvalue weighted by Gasteiger charge is -2.27. The number of para-hydroxylation sites is 1. The van der Waals surface area contributed by atoms with Gasteiger partial charge in [0.1, 0.15) is 5.70 Å². The number of hydrogen-bond donors (Lipinski definition) is 1. The standard InChI is InChI=1S/C22H23N3O3/c1-24-15-16(17-8-3-4-9-19(17)24)14-18(22(27)25-11-5-2-6-12-25)23-21(26)20-10-7-13-28-20/h3-4,7-10,13-15H,2,5-6,11-12H2,1H3,(H,23,26)/b18-14-. The smallest absolute Gasteiger partial charge is 0.291 e. The van der Waals surface area contributed by atoms with Crippen molar-refractivity contribution in [2.45, 2.75) is 19.3 Å². The van der Waals surface area contributed by atoms with Gasteiger partial charge in [0.25, 0.3) is 11.8 Å². The highest BCUT2D eigenvalue weighted by molar-refractivity contribution is 6.05. The fourth-order valence-corrected chi connectivity index (χ4v) is 3.65. The normalized spacial score (nSPS) is 15.0. The minimum absolute atomic E-state index is 0.160. The maximum Gasteiger partial charge on any atom is 0.291 e. The molecule has 0 radical (unpaired) electrons.